The van der Waals surface area contributed by atoms with E-state index < -0.39 is 0 Å². The Labute approximate surface area is 91.9 Å². The molecule has 1 fully saturated rings. The van der Waals surface area contributed by atoms with E-state index in [1.807, 2.05) is 23.8 Å². The molecule has 0 aromatic carbocycles. The van der Waals surface area contributed by atoms with Gasteiger partial charge in [-0.15, -0.1) is 0 Å². The van der Waals surface area contributed by atoms with E-state index in [-0.39, 0.29) is 24.4 Å². The van der Waals surface area contributed by atoms with Gasteiger partial charge in [0, 0.05) is 5.38 Å². The van der Waals surface area contributed by atoms with Crippen molar-refractivity contribution in [2.45, 2.75) is 19.4 Å². The lowest BCUT2D eigenvalue weighted by atomic mass is 10.1. The fourth-order valence-corrected chi connectivity index (χ4v) is 2.37. The maximum atomic E-state index is 11.7. The van der Waals surface area contributed by atoms with Crippen LogP contribution in [0, 0.1) is 0 Å². The van der Waals surface area contributed by atoms with Crippen LogP contribution in [0.15, 0.2) is 16.8 Å². The third kappa shape index (κ3) is 1.74. The molecule has 0 bridgehead atoms. The van der Waals surface area contributed by atoms with Crippen LogP contribution in [-0.4, -0.2) is 24.4 Å². The Kier molecular flexibility index (Phi) is 2.73. The smallest absolute Gasteiger partial charge is 0.247 e. The van der Waals surface area contributed by atoms with Gasteiger partial charge in [0.15, 0.2) is 0 Å². The molecule has 2 heterocycles. The van der Waals surface area contributed by atoms with E-state index in [4.69, 9.17) is 0 Å². The van der Waals surface area contributed by atoms with Crippen molar-refractivity contribution in [3.8, 4) is 0 Å². The zero-order valence-electron chi connectivity index (χ0n) is 8.40. The van der Waals surface area contributed by atoms with Gasteiger partial charge in [-0.1, -0.05) is 6.92 Å². The van der Waals surface area contributed by atoms with Crippen molar-refractivity contribution < 1.29 is 9.59 Å². The van der Waals surface area contributed by atoms with E-state index in [9.17, 15) is 9.59 Å². The maximum absolute atomic E-state index is 11.7. The normalized spacial score (nSPS) is 21.7. The minimum Gasteiger partial charge on any atom is -0.345 e. The lowest BCUT2D eigenvalue weighted by Gasteiger charge is -2.33. The summed E-state index contributed by atoms with van der Waals surface area (Å²) in [5.41, 5.74) is 0.826. The molecule has 0 radical (unpaired) electrons. The first-order valence-electron chi connectivity index (χ1n) is 4.86. The molecule has 1 atom stereocenters. The second-order valence-electron chi connectivity index (χ2n) is 3.39. The highest BCUT2D eigenvalue weighted by atomic mass is 32.1. The number of nitrogens with zero attached hydrogens (tertiary/aromatic N) is 1. The van der Waals surface area contributed by atoms with Gasteiger partial charge in [0.2, 0.25) is 11.8 Å². The highest BCUT2D eigenvalue weighted by Crippen LogP contribution is 2.23. The Morgan fingerprint density at radius 2 is 2.40 bits per heavy atom. The van der Waals surface area contributed by atoms with Crippen molar-refractivity contribution in [3.05, 3.63) is 16.8 Å². The summed E-state index contributed by atoms with van der Waals surface area (Å²) in [7, 11) is 0. The predicted molar refractivity (Wildman–Crippen MR) is 58.9 cm³/mol. The SMILES string of the molecule is CCC1C(=O)NCC(=O)N1c1ccsc1. The molecule has 1 aromatic heterocycles. The number of hydrogen-bond acceptors (Lipinski definition) is 3. The molecule has 2 amide bonds. The van der Waals surface area contributed by atoms with Crippen LogP contribution in [0.1, 0.15) is 13.3 Å². The van der Waals surface area contributed by atoms with Crippen molar-refractivity contribution in [2.24, 2.45) is 0 Å². The van der Waals surface area contributed by atoms with Crippen molar-refractivity contribution in [3.63, 3.8) is 0 Å². The molecule has 0 saturated carbocycles. The molecule has 1 N–H and O–H groups in total. The molecule has 1 aliphatic rings. The van der Waals surface area contributed by atoms with Crippen molar-refractivity contribution in [1.29, 1.82) is 0 Å². The van der Waals surface area contributed by atoms with Gasteiger partial charge < -0.3 is 5.32 Å². The molecule has 0 spiro atoms. The van der Waals surface area contributed by atoms with Gasteiger partial charge in [0.1, 0.15) is 6.04 Å². The molecule has 2 rings (SSSR count). The molecule has 1 aromatic rings. The van der Waals surface area contributed by atoms with E-state index in [1.165, 1.54) is 11.3 Å². The molecule has 5 heteroatoms. The van der Waals surface area contributed by atoms with Gasteiger partial charge in [0.05, 0.1) is 12.2 Å². The molecule has 15 heavy (non-hydrogen) atoms. The number of rotatable bonds is 2. The number of hydrogen-bond donors (Lipinski definition) is 1. The average molecular weight is 224 g/mol. The summed E-state index contributed by atoms with van der Waals surface area (Å²) in [5.74, 6) is -0.108. The van der Waals surface area contributed by atoms with E-state index in [2.05, 4.69) is 5.32 Å². The number of thiophene rings is 1. The fourth-order valence-electron chi connectivity index (χ4n) is 1.74. The van der Waals surface area contributed by atoms with Crippen LogP contribution < -0.4 is 10.2 Å². The Bertz CT molecular complexity index is 375. The standard InChI is InChI=1S/C10H12N2O2S/c1-2-8-10(14)11-5-9(13)12(8)7-3-4-15-6-7/h3-4,6,8H,2,5H2,1H3,(H,11,14). The molecular formula is C10H12N2O2S. The topological polar surface area (TPSA) is 49.4 Å². The van der Waals surface area contributed by atoms with Gasteiger partial charge >= 0.3 is 0 Å². The van der Waals surface area contributed by atoms with Crippen LogP contribution in [0.3, 0.4) is 0 Å². The summed E-state index contributed by atoms with van der Waals surface area (Å²) < 4.78 is 0. The second kappa shape index (κ2) is 4.02. The third-order valence-corrected chi connectivity index (χ3v) is 3.14. The highest BCUT2D eigenvalue weighted by Gasteiger charge is 2.34. The maximum Gasteiger partial charge on any atom is 0.247 e. The van der Waals surface area contributed by atoms with E-state index in [1.54, 1.807) is 4.90 Å². The number of carbonyl (C=O) groups excluding carboxylic acids is 2. The largest absolute Gasteiger partial charge is 0.345 e. The number of anilines is 1. The Balaban J connectivity index is 2.32. The average Bonchev–Trinajstić information content (AvgIpc) is 2.74. The summed E-state index contributed by atoms with van der Waals surface area (Å²) in [6.07, 6.45) is 0.632. The number of piperazine rings is 1. The molecule has 80 valence electrons. The van der Waals surface area contributed by atoms with Gasteiger partial charge in [-0.05, 0) is 17.9 Å². The summed E-state index contributed by atoms with van der Waals surface area (Å²) >= 11 is 1.52. The quantitative estimate of drug-likeness (QED) is 0.814. The Hall–Kier alpha value is -1.36. The summed E-state index contributed by atoms with van der Waals surface area (Å²) in [4.78, 5) is 24.9. The van der Waals surface area contributed by atoms with Crippen LogP contribution in [-0.2, 0) is 9.59 Å². The van der Waals surface area contributed by atoms with Gasteiger partial charge in [-0.25, -0.2) is 0 Å². The minimum atomic E-state index is -0.360. The van der Waals surface area contributed by atoms with Gasteiger partial charge in [-0.3, -0.25) is 14.5 Å². The molecule has 1 saturated heterocycles. The number of nitrogens with one attached hydrogen (secondary N) is 1. The molecule has 0 aliphatic carbocycles. The lowest BCUT2D eigenvalue weighted by molar-refractivity contribution is -0.131. The van der Waals surface area contributed by atoms with Gasteiger partial charge in [-0.2, -0.15) is 11.3 Å². The Morgan fingerprint density at radius 1 is 1.60 bits per heavy atom. The Morgan fingerprint density at radius 3 is 3.00 bits per heavy atom. The summed E-state index contributed by atoms with van der Waals surface area (Å²) in [6, 6.07) is 1.50. The van der Waals surface area contributed by atoms with Crippen molar-refractivity contribution >= 4 is 28.8 Å². The van der Waals surface area contributed by atoms with Crippen LogP contribution in [0.25, 0.3) is 0 Å². The molecule has 1 unspecified atom stereocenters. The lowest BCUT2D eigenvalue weighted by Crippen LogP contribution is -2.58. The first-order chi connectivity index (χ1) is 7.24. The molecule has 1 aliphatic heterocycles. The zero-order chi connectivity index (χ0) is 10.8. The minimum absolute atomic E-state index is 0.0418. The van der Waals surface area contributed by atoms with Crippen LogP contribution in [0.5, 0.6) is 0 Å². The highest BCUT2D eigenvalue weighted by molar-refractivity contribution is 7.08. The zero-order valence-corrected chi connectivity index (χ0v) is 9.21. The van der Waals surface area contributed by atoms with Crippen molar-refractivity contribution in [1.82, 2.24) is 5.32 Å². The summed E-state index contributed by atoms with van der Waals surface area (Å²) in [6.45, 7) is 2.01. The van der Waals surface area contributed by atoms with Crippen LogP contribution in [0.2, 0.25) is 0 Å². The first kappa shape index (κ1) is 10.2. The monoisotopic (exact) mass is 224 g/mol. The van der Waals surface area contributed by atoms with Crippen LogP contribution >= 0.6 is 11.3 Å². The first-order valence-corrected chi connectivity index (χ1v) is 5.80. The molecular weight excluding hydrogens is 212 g/mol. The predicted octanol–water partition coefficient (Wildman–Crippen LogP) is 0.989. The second-order valence-corrected chi connectivity index (χ2v) is 4.17. The number of amides is 2. The third-order valence-electron chi connectivity index (χ3n) is 2.47. The van der Waals surface area contributed by atoms with Gasteiger partial charge in [0.25, 0.3) is 0 Å². The van der Waals surface area contributed by atoms with Crippen LogP contribution in [0.4, 0.5) is 5.69 Å². The van der Waals surface area contributed by atoms with E-state index in [0.29, 0.717) is 6.42 Å². The van der Waals surface area contributed by atoms with Crippen molar-refractivity contribution in [2.75, 3.05) is 11.4 Å². The fraction of sp³-hybridized carbons (Fsp3) is 0.400. The van der Waals surface area contributed by atoms with E-state index in [0.717, 1.165) is 5.69 Å². The number of carbonyl (C=O) groups is 2. The molecule has 4 nitrogen and oxygen atoms in total. The summed E-state index contributed by atoms with van der Waals surface area (Å²) in [5, 5.41) is 6.39. The van der Waals surface area contributed by atoms with E-state index >= 15 is 0 Å².